The highest BCUT2D eigenvalue weighted by Gasteiger charge is 1.85. The van der Waals surface area contributed by atoms with Crippen LogP contribution in [0.1, 0.15) is 13.8 Å². The number of rotatable bonds is 1. The van der Waals surface area contributed by atoms with E-state index in [1.807, 2.05) is 24.3 Å². The molecule has 0 unspecified atom stereocenters. The molecule has 0 spiro atoms. The number of allylic oxidation sites excluding steroid dienone is 2. The fraction of sp³-hybridized carbons (Fsp3) is 0.167. The predicted octanol–water partition coefficient (Wildman–Crippen LogP) is 2.50. The van der Waals surface area contributed by atoms with E-state index < -0.39 is 0 Å². The van der Waals surface area contributed by atoms with Gasteiger partial charge >= 0.3 is 0 Å². The molecule has 0 aliphatic heterocycles. The maximum absolute atomic E-state index is 5.86. The van der Waals surface area contributed by atoms with Crippen LogP contribution in [0.25, 0.3) is 12.7 Å². The zero-order chi connectivity index (χ0) is 9.84. The van der Waals surface area contributed by atoms with E-state index in [1.54, 1.807) is 0 Å². The molecule has 0 atom stereocenters. The van der Waals surface area contributed by atoms with Crippen molar-refractivity contribution in [3.63, 3.8) is 0 Å². The molecular weight excluding hydrogens is 180 g/mol. The molecule has 0 aromatic heterocycles. The fourth-order valence-electron chi connectivity index (χ4n) is 0.977. The second kappa shape index (κ2) is 4.29. The van der Waals surface area contributed by atoms with Crippen LogP contribution < -0.4 is 10.4 Å². The highest BCUT2D eigenvalue weighted by atomic mass is 35.5. The highest BCUT2D eigenvalue weighted by molar-refractivity contribution is 6.30. The van der Waals surface area contributed by atoms with Gasteiger partial charge in [-0.25, -0.2) is 0 Å². The van der Waals surface area contributed by atoms with Gasteiger partial charge in [0.25, 0.3) is 0 Å². The van der Waals surface area contributed by atoms with Gasteiger partial charge in [-0.05, 0) is 36.4 Å². The zero-order valence-electron chi connectivity index (χ0n) is 7.97. The number of benzene rings is 1. The molecule has 1 rings (SSSR count). The first-order chi connectivity index (χ1) is 6.09. The van der Waals surface area contributed by atoms with Crippen LogP contribution in [0.2, 0.25) is 5.02 Å². The maximum atomic E-state index is 5.86. The second-order valence-electron chi connectivity index (χ2n) is 3.25. The van der Waals surface area contributed by atoms with E-state index in [4.69, 9.17) is 11.6 Å². The summed E-state index contributed by atoms with van der Waals surface area (Å²) < 4.78 is 0. The molecule has 0 bridgehead atoms. The van der Waals surface area contributed by atoms with E-state index in [-0.39, 0.29) is 0 Å². The van der Waals surface area contributed by atoms with Crippen molar-refractivity contribution in [1.82, 2.24) is 0 Å². The Morgan fingerprint density at radius 2 is 2.08 bits per heavy atom. The SMILES string of the molecule is C=c1ccc(Cl)c/c1=C/C=C(C)C. The predicted molar refractivity (Wildman–Crippen MR) is 60.1 cm³/mol. The lowest BCUT2D eigenvalue weighted by molar-refractivity contribution is 1.40. The molecule has 0 aliphatic rings. The summed E-state index contributed by atoms with van der Waals surface area (Å²) in [6, 6.07) is 5.69. The molecule has 0 heterocycles. The van der Waals surface area contributed by atoms with Crippen molar-refractivity contribution < 1.29 is 0 Å². The number of hydrogen-bond donors (Lipinski definition) is 0. The van der Waals surface area contributed by atoms with Crippen LogP contribution in [0.3, 0.4) is 0 Å². The Labute approximate surface area is 83.9 Å². The van der Waals surface area contributed by atoms with Crippen molar-refractivity contribution in [2.24, 2.45) is 0 Å². The van der Waals surface area contributed by atoms with Crippen LogP contribution >= 0.6 is 11.6 Å². The van der Waals surface area contributed by atoms with Crippen LogP contribution in [0.4, 0.5) is 0 Å². The number of hydrogen-bond acceptors (Lipinski definition) is 0. The van der Waals surface area contributed by atoms with Crippen LogP contribution in [0.5, 0.6) is 0 Å². The van der Waals surface area contributed by atoms with Gasteiger partial charge < -0.3 is 0 Å². The van der Waals surface area contributed by atoms with E-state index in [0.717, 1.165) is 15.5 Å². The van der Waals surface area contributed by atoms with Gasteiger partial charge in [0.2, 0.25) is 0 Å². The van der Waals surface area contributed by atoms with Gasteiger partial charge in [0.05, 0.1) is 0 Å². The Balaban J connectivity index is 3.29. The average molecular weight is 193 g/mol. The Morgan fingerprint density at radius 3 is 2.69 bits per heavy atom. The summed E-state index contributed by atoms with van der Waals surface area (Å²) in [6.07, 6.45) is 4.09. The molecule has 13 heavy (non-hydrogen) atoms. The summed E-state index contributed by atoms with van der Waals surface area (Å²) in [5, 5.41) is 2.83. The van der Waals surface area contributed by atoms with Gasteiger partial charge in [-0.15, -0.1) is 0 Å². The largest absolute Gasteiger partial charge is 0.0912 e. The molecule has 0 amide bonds. The Hall–Kier alpha value is -1.01. The van der Waals surface area contributed by atoms with Crippen molar-refractivity contribution in [2.45, 2.75) is 13.8 Å². The topological polar surface area (TPSA) is 0 Å². The molecule has 0 aliphatic carbocycles. The van der Waals surface area contributed by atoms with E-state index in [1.165, 1.54) is 5.57 Å². The van der Waals surface area contributed by atoms with Crippen LogP contribution in [-0.4, -0.2) is 0 Å². The first-order valence-corrected chi connectivity index (χ1v) is 4.57. The summed E-state index contributed by atoms with van der Waals surface area (Å²) >= 11 is 5.86. The summed E-state index contributed by atoms with van der Waals surface area (Å²) in [7, 11) is 0. The first-order valence-electron chi connectivity index (χ1n) is 4.19. The third kappa shape index (κ3) is 3.08. The van der Waals surface area contributed by atoms with Crippen LogP contribution in [0.15, 0.2) is 29.8 Å². The Morgan fingerprint density at radius 1 is 1.38 bits per heavy atom. The molecule has 0 nitrogen and oxygen atoms in total. The smallest absolute Gasteiger partial charge is 0.0412 e. The molecule has 1 aromatic carbocycles. The third-order valence-corrected chi connectivity index (χ3v) is 1.94. The van der Waals surface area contributed by atoms with E-state index >= 15 is 0 Å². The highest BCUT2D eigenvalue weighted by Crippen LogP contribution is 1.99. The van der Waals surface area contributed by atoms with Crippen molar-refractivity contribution >= 4 is 24.3 Å². The summed E-state index contributed by atoms with van der Waals surface area (Å²) in [5.41, 5.74) is 1.26. The first kappa shape index (κ1) is 10.1. The summed E-state index contributed by atoms with van der Waals surface area (Å²) in [6.45, 7) is 8.04. The molecule has 0 saturated carbocycles. The van der Waals surface area contributed by atoms with Gasteiger partial charge in [-0.1, -0.05) is 42.0 Å². The van der Waals surface area contributed by atoms with Crippen molar-refractivity contribution in [3.8, 4) is 0 Å². The van der Waals surface area contributed by atoms with Crippen molar-refractivity contribution in [3.05, 3.63) is 45.3 Å². The minimum Gasteiger partial charge on any atom is -0.0912 e. The van der Waals surface area contributed by atoms with Crippen molar-refractivity contribution in [2.75, 3.05) is 0 Å². The van der Waals surface area contributed by atoms with Crippen LogP contribution in [0, 0.1) is 0 Å². The quantitative estimate of drug-likeness (QED) is 0.642. The molecule has 0 saturated heterocycles. The Kier molecular flexibility index (Phi) is 3.32. The maximum Gasteiger partial charge on any atom is 0.0412 e. The molecular formula is C12H13Cl. The lowest BCUT2D eigenvalue weighted by Gasteiger charge is -1.90. The molecule has 1 aromatic rings. The standard InChI is InChI=1S/C12H13Cl/c1-9(2)4-6-11-8-12(13)7-5-10(11)3/h4-8H,3H2,1-2H3/b11-6-. The minimum atomic E-state index is 0.751. The molecule has 0 fully saturated rings. The fourth-order valence-corrected chi connectivity index (χ4v) is 1.16. The molecule has 68 valence electrons. The lowest BCUT2D eigenvalue weighted by atomic mass is 10.2. The van der Waals surface area contributed by atoms with Gasteiger partial charge in [-0.2, -0.15) is 0 Å². The molecule has 0 N–H and O–H groups in total. The van der Waals surface area contributed by atoms with E-state index in [9.17, 15) is 0 Å². The lowest BCUT2D eigenvalue weighted by Crippen LogP contribution is -2.21. The Bertz CT molecular complexity index is 423. The molecule has 0 radical (unpaired) electrons. The zero-order valence-corrected chi connectivity index (χ0v) is 8.73. The summed E-state index contributed by atoms with van der Waals surface area (Å²) in [5.74, 6) is 0. The monoisotopic (exact) mass is 192 g/mol. The summed E-state index contributed by atoms with van der Waals surface area (Å²) in [4.78, 5) is 0. The van der Waals surface area contributed by atoms with Crippen molar-refractivity contribution in [1.29, 1.82) is 0 Å². The average Bonchev–Trinajstić information content (AvgIpc) is 2.06. The third-order valence-electron chi connectivity index (χ3n) is 1.70. The van der Waals surface area contributed by atoms with Crippen LogP contribution in [-0.2, 0) is 0 Å². The van der Waals surface area contributed by atoms with Gasteiger partial charge in [0.1, 0.15) is 0 Å². The molecule has 1 heteroatoms. The van der Waals surface area contributed by atoms with E-state index in [2.05, 4.69) is 26.5 Å². The van der Waals surface area contributed by atoms with Gasteiger partial charge in [-0.3, -0.25) is 0 Å². The van der Waals surface area contributed by atoms with E-state index in [0.29, 0.717) is 0 Å². The second-order valence-corrected chi connectivity index (χ2v) is 3.69. The van der Waals surface area contributed by atoms with Gasteiger partial charge in [0.15, 0.2) is 0 Å². The minimum absolute atomic E-state index is 0.751. The van der Waals surface area contributed by atoms with Gasteiger partial charge in [0, 0.05) is 5.02 Å². The normalized spacial score (nSPS) is 11.5. The number of halogens is 1.